The summed E-state index contributed by atoms with van der Waals surface area (Å²) < 4.78 is 5.14. The van der Waals surface area contributed by atoms with Crippen LogP contribution in [-0.4, -0.2) is 17.1 Å². The molecule has 5 heteroatoms. The molecule has 0 aliphatic carbocycles. The van der Waals surface area contributed by atoms with Crippen LogP contribution in [0.2, 0.25) is 5.15 Å². The Kier molecular flexibility index (Phi) is 4.66. The zero-order valence-corrected chi connectivity index (χ0v) is 12.6. The van der Waals surface area contributed by atoms with Gasteiger partial charge in [0.15, 0.2) is 0 Å². The maximum absolute atomic E-state index is 6.15. The fraction of sp³-hybridized carbons (Fsp3) is 0.286. The van der Waals surface area contributed by atoms with Crippen LogP contribution >= 0.6 is 23.4 Å². The first-order valence-electron chi connectivity index (χ1n) is 5.94. The molecule has 0 bridgehead atoms. The molecule has 1 heterocycles. The molecule has 19 heavy (non-hydrogen) atoms. The zero-order chi connectivity index (χ0) is 13.8. The van der Waals surface area contributed by atoms with E-state index in [0.717, 1.165) is 21.2 Å². The zero-order valence-electron chi connectivity index (χ0n) is 11.1. The van der Waals surface area contributed by atoms with E-state index in [1.165, 1.54) is 6.33 Å². The minimum Gasteiger partial charge on any atom is -0.497 e. The maximum Gasteiger partial charge on any atom is 0.137 e. The van der Waals surface area contributed by atoms with Crippen LogP contribution in [0.15, 0.2) is 40.5 Å². The summed E-state index contributed by atoms with van der Waals surface area (Å²) in [6, 6.07) is 7.87. The van der Waals surface area contributed by atoms with Crippen molar-refractivity contribution in [3.05, 3.63) is 41.3 Å². The number of ether oxygens (including phenoxy) is 1. The van der Waals surface area contributed by atoms with Gasteiger partial charge < -0.3 is 4.74 Å². The Balaban J connectivity index is 2.29. The van der Waals surface area contributed by atoms with Crippen LogP contribution in [0.25, 0.3) is 0 Å². The molecule has 0 aliphatic heterocycles. The van der Waals surface area contributed by atoms with Crippen molar-refractivity contribution < 1.29 is 4.74 Å². The van der Waals surface area contributed by atoms with Crippen molar-refractivity contribution >= 4 is 23.4 Å². The van der Waals surface area contributed by atoms with E-state index < -0.39 is 0 Å². The molecule has 0 N–H and O–H groups in total. The lowest BCUT2D eigenvalue weighted by atomic mass is 10.1. The number of hydrogen-bond donors (Lipinski definition) is 0. The Morgan fingerprint density at radius 1 is 1.16 bits per heavy atom. The van der Waals surface area contributed by atoms with Crippen LogP contribution in [0.4, 0.5) is 0 Å². The number of aromatic nitrogens is 2. The highest BCUT2D eigenvalue weighted by atomic mass is 35.5. The minimum atomic E-state index is 0.287. The smallest absolute Gasteiger partial charge is 0.137 e. The highest BCUT2D eigenvalue weighted by Gasteiger charge is 2.14. The van der Waals surface area contributed by atoms with E-state index in [-0.39, 0.29) is 5.92 Å². The Labute approximate surface area is 122 Å². The first-order chi connectivity index (χ1) is 9.11. The molecule has 0 saturated heterocycles. The summed E-state index contributed by atoms with van der Waals surface area (Å²) in [5.41, 5.74) is 0.991. The lowest BCUT2D eigenvalue weighted by Gasteiger charge is -2.12. The summed E-state index contributed by atoms with van der Waals surface area (Å²) in [5, 5.41) is 1.43. The molecular formula is C14H15ClN2OS. The Morgan fingerprint density at radius 2 is 1.84 bits per heavy atom. The van der Waals surface area contributed by atoms with Crippen molar-refractivity contribution in [1.82, 2.24) is 9.97 Å². The molecule has 2 aromatic rings. The lowest BCUT2D eigenvalue weighted by molar-refractivity contribution is 0.414. The van der Waals surface area contributed by atoms with Crippen LogP contribution in [0.1, 0.15) is 25.3 Å². The average molecular weight is 295 g/mol. The van der Waals surface area contributed by atoms with Crippen molar-refractivity contribution in [2.24, 2.45) is 0 Å². The number of benzene rings is 1. The highest BCUT2D eigenvalue weighted by molar-refractivity contribution is 7.99. The molecule has 0 atom stereocenters. The van der Waals surface area contributed by atoms with Gasteiger partial charge >= 0.3 is 0 Å². The number of halogens is 1. The topological polar surface area (TPSA) is 35.0 Å². The number of nitrogens with zero attached hydrogens (tertiary/aromatic N) is 2. The van der Waals surface area contributed by atoms with Gasteiger partial charge in [-0.1, -0.05) is 37.2 Å². The summed E-state index contributed by atoms with van der Waals surface area (Å²) in [5.74, 6) is 1.13. The highest BCUT2D eigenvalue weighted by Crippen LogP contribution is 2.35. The third-order valence-electron chi connectivity index (χ3n) is 2.65. The Bertz CT molecular complexity index is 558. The monoisotopic (exact) mass is 294 g/mol. The first-order valence-corrected chi connectivity index (χ1v) is 7.13. The van der Waals surface area contributed by atoms with Crippen LogP contribution in [0.3, 0.4) is 0 Å². The van der Waals surface area contributed by atoms with Gasteiger partial charge in [0.2, 0.25) is 0 Å². The molecule has 0 saturated carbocycles. The van der Waals surface area contributed by atoms with E-state index in [1.54, 1.807) is 18.9 Å². The normalized spacial score (nSPS) is 10.8. The molecule has 0 unspecified atom stereocenters. The molecule has 0 radical (unpaired) electrons. The number of hydrogen-bond acceptors (Lipinski definition) is 4. The molecule has 0 fully saturated rings. The molecule has 2 rings (SSSR count). The van der Waals surface area contributed by atoms with Crippen molar-refractivity contribution in [1.29, 1.82) is 0 Å². The second-order valence-electron chi connectivity index (χ2n) is 4.32. The van der Waals surface area contributed by atoms with Crippen molar-refractivity contribution in [2.45, 2.75) is 29.7 Å². The molecule has 0 aliphatic rings. The van der Waals surface area contributed by atoms with E-state index in [2.05, 4.69) is 23.8 Å². The van der Waals surface area contributed by atoms with Crippen LogP contribution in [0.5, 0.6) is 5.75 Å². The second-order valence-corrected chi connectivity index (χ2v) is 5.74. The molecule has 1 aromatic carbocycles. The van der Waals surface area contributed by atoms with E-state index in [9.17, 15) is 0 Å². The molecular weight excluding hydrogens is 280 g/mol. The van der Waals surface area contributed by atoms with Gasteiger partial charge in [-0.3, -0.25) is 0 Å². The predicted octanol–water partition coefficient (Wildman–Crippen LogP) is 4.41. The van der Waals surface area contributed by atoms with Crippen molar-refractivity contribution in [3.63, 3.8) is 0 Å². The number of methoxy groups -OCH3 is 1. The quantitative estimate of drug-likeness (QED) is 0.782. The van der Waals surface area contributed by atoms with Gasteiger partial charge in [0.05, 0.1) is 7.11 Å². The second kappa shape index (κ2) is 6.26. The summed E-state index contributed by atoms with van der Waals surface area (Å²) in [7, 11) is 1.66. The summed E-state index contributed by atoms with van der Waals surface area (Å²) >= 11 is 7.74. The fourth-order valence-corrected chi connectivity index (χ4v) is 3.13. The van der Waals surface area contributed by atoms with Gasteiger partial charge in [-0.2, -0.15) is 0 Å². The molecule has 100 valence electrons. The van der Waals surface area contributed by atoms with Gasteiger partial charge in [-0.05, 0) is 30.2 Å². The Morgan fingerprint density at radius 3 is 2.42 bits per heavy atom. The summed E-state index contributed by atoms with van der Waals surface area (Å²) in [6.07, 6.45) is 1.50. The van der Waals surface area contributed by atoms with E-state index in [0.29, 0.717) is 5.15 Å². The van der Waals surface area contributed by atoms with Gasteiger partial charge in [-0.15, -0.1) is 0 Å². The molecule has 3 nitrogen and oxygen atoms in total. The third-order valence-corrected chi connectivity index (χ3v) is 3.98. The first kappa shape index (κ1) is 14.2. The van der Waals surface area contributed by atoms with E-state index >= 15 is 0 Å². The standard InChI is InChI=1S/C14H15ClN2OS/c1-9(2)12-13(15)16-8-17-14(12)19-11-6-4-10(18-3)5-7-11/h4-9H,1-3H3. The third kappa shape index (κ3) is 3.39. The lowest BCUT2D eigenvalue weighted by Crippen LogP contribution is -1.97. The van der Waals surface area contributed by atoms with Gasteiger partial charge in [0.25, 0.3) is 0 Å². The van der Waals surface area contributed by atoms with E-state index in [1.807, 2.05) is 24.3 Å². The Hall–Kier alpha value is -1.26. The predicted molar refractivity (Wildman–Crippen MR) is 78.2 cm³/mol. The van der Waals surface area contributed by atoms with Crippen molar-refractivity contribution in [2.75, 3.05) is 7.11 Å². The average Bonchev–Trinajstić information content (AvgIpc) is 2.39. The van der Waals surface area contributed by atoms with E-state index in [4.69, 9.17) is 16.3 Å². The molecule has 0 spiro atoms. The number of rotatable bonds is 4. The minimum absolute atomic E-state index is 0.287. The SMILES string of the molecule is COc1ccc(Sc2ncnc(Cl)c2C(C)C)cc1. The van der Waals surface area contributed by atoms with Crippen LogP contribution in [0, 0.1) is 0 Å². The fourth-order valence-electron chi connectivity index (χ4n) is 1.68. The van der Waals surface area contributed by atoms with Gasteiger partial charge in [0, 0.05) is 10.5 Å². The van der Waals surface area contributed by atoms with Gasteiger partial charge in [-0.25, -0.2) is 9.97 Å². The van der Waals surface area contributed by atoms with Crippen LogP contribution in [-0.2, 0) is 0 Å². The molecule has 1 aromatic heterocycles. The van der Waals surface area contributed by atoms with Gasteiger partial charge in [0.1, 0.15) is 22.3 Å². The maximum atomic E-state index is 6.15. The summed E-state index contributed by atoms with van der Waals surface area (Å²) in [6.45, 7) is 4.17. The molecule has 0 amide bonds. The van der Waals surface area contributed by atoms with Crippen molar-refractivity contribution in [3.8, 4) is 5.75 Å². The van der Waals surface area contributed by atoms with Crippen LogP contribution < -0.4 is 4.74 Å². The largest absolute Gasteiger partial charge is 0.497 e. The summed E-state index contributed by atoms with van der Waals surface area (Å²) in [4.78, 5) is 9.48.